The van der Waals surface area contributed by atoms with Gasteiger partial charge in [0.15, 0.2) is 0 Å². The Labute approximate surface area is 213 Å². The zero-order valence-corrected chi connectivity index (χ0v) is 20.6. The number of anilines is 1. The number of nitrogens with one attached hydrogen (secondary N) is 1. The number of carbonyl (C=O) groups is 3. The van der Waals surface area contributed by atoms with Crippen LogP contribution in [0, 0.1) is 18.8 Å². The fraction of sp³-hybridized carbons (Fsp3) is 0.250. The lowest BCUT2D eigenvalue weighted by molar-refractivity contribution is -0.146. The molecule has 3 amide bonds. The quantitative estimate of drug-likeness (QED) is 0.406. The summed E-state index contributed by atoms with van der Waals surface area (Å²) in [5.74, 6) is -3.25. The van der Waals surface area contributed by atoms with E-state index in [0.717, 1.165) is 32.7 Å². The fourth-order valence-electron chi connectivity index (χ4n) is 6.07. The minimum absolute atomic E-state index is 0.455. The van der Waals surface area contributed by atoms with Crippen LogP contribution in [0.25, 0.3) is 0 Å². The predicted molar refractivity (Wildman–Crippen MR) is 134 cm³/mol. The third-order valence-corrected chi connectivity index (χ3v) is 8.99. The molecule has 1 saturated heterocycles. The molecule has 4 aliphatic rings. The van der Waals surface area contributed by atoms with E-state index in [0.29, 0.717) is 5.69 Å². The number of benzene rings is 3. The number of hydrogen-bond acceptors (Lipinski definition) is 3. The highest BCUT2D eigenvalue weighted by Gasteiger charge is 2.73. The van der Waals surface area contributed by atoms with Crippen LogP contribution in [0.15, 0.2) is 72.8 Å². The Hall–Kier alpha value is -3.15. The molecule has 176 valence electrons. The lowest BCUT2D eigenvalue weighted by Crippen LogP contribution is -2.57. The molecule has 3 aromatic carbocycles. The average molecular weight is 505 g/mol. The van der Waals surface area contributed by atoms with Gasteiger partial charge in [-0.1, -0.05) is 66.2 Å². The van der Waals surface area contributed by atoms with Gasteiger partial charge >= 0.3 is 0 Å². The molecule has 7 heteroatoms. The van der Waals surface area contributed by atoms with Gasteiger partial charge in [0.2, 0.25) is 17.7 Å². The molecular formula is C28H22Cl2N2O3. The van der Waals surface area contributed by atoms with Gasteiger partial charge in [0.05, 0.1) is 11.8 Å². The number of rotatable bonds is 3. The van der Waals surface area contributed by atoms with E-state index in [-0.39, 0.29) is 0 Å². The summed E-state index contributed by atoms with van der Waals surface area (Å²) < 4.78 is 0. The van der Waals surface area contributed by atoms with E-state index >= 15 is 0 Å². The molecule has 7 rings (SSSR count). The Kier molecular flexibility index (Phi) is 4.73. The van der Waals surface area contributed by atoms with Crippen molar-refractivity contribution in [2.75, 3.05) is 5.32 Å². The summed E-state index contributed by atoms with van der Waals surface area (Å²) in [6.07, 6.45) is 0. The third kappa shape index (κ3) is 2.74. The molecule has 5 nitrogen and oxygen atoms in total. The monoisotopic (exact) mass is 504 g/mol. The van der Waals surface area contributed by atoms with Crippen LogP contribution < -0.4 is 5.32 Å². The molecule has 1 heterocycles. The maximum atomic E-state index is 13.9. The van der Waals surface area contributed by atoms with Gasteiger partial charge in [0.25, 0.3) is 0 Å². The van der Waals surface area contributed by atoms with E-state index in [2.05, 4.69) is 5.32 Å². The Morgan fingerprint density at radius 1 is 0.800 bits per heavy atom. The molecule has 35 heavy (non-hydrogen) atoms. The summed E-state index contributed by atoms with van der Waals surface area (Å²) in [4.78, 5) is 39.5. The molecule has 0 unspecified atom stereocenters. The Bertz CT molecular complexity index is 1300. The van der Waals surface area contributed by atoms with E-state index in [1.54, 1.807) is 19.1 Å². The van der Waals surface area contributed by atoms with Crippen molar-refractivity contribution >= 4 is 46.6 Å². The molecule has 1 aliphatic heterocycles. The average Bonchev–Trinajstić information content (AvgIpc) is 3.14. The van der Waals surface area contributed by atoms with Crippen molar-refractivity contribution in [1.82, 2.24) is 4.90 Å². The summed E-state index contributed by atoms with van der Waals surface area (Å²) in [5, 5.41) is 2.81. The van der Waals surface area contributed by atoms with Gasteiger partial charge < -0.3 is 5.32 Å². The number of likely N-dealkylation sites (tertiary alicyclic amines) is 1. The van der Waals surface area contributed by atoms with E-state index in [9.17, 15) is 14.4 Å². The molecule has 3 aromatic rings. The molecule has 0 saturated carbocycles. The SMILES string of the molecule is Cc1ccc(NC(=O)[C@H](C)N2C(=O)[C@H]3[C@H](C2=O)C2(Cl)c4ccccc4C3(Cl)c3ccccc32)cc1. The van der Waals surface area contributed by atoms with Crippen LogP contribution >= 0.6 is 23.2 Å². The molecule has 3 atom stereocenters. The van der Waals surface area contributed by atoms with E-state index in [1.165, 1.54) is 0 Å². The smallest absolute Gasteiger partial charge is 0.247 e. The Morgan fingerprint density at radius 2 is 1.20 bits per heavy atom. The van der Waals surface area contributed by atoms with Crippen molar-refractivity contribution in [2.45, 2.75) is 29.6 Å². The zero-order valence-electron chi connectivity index (χ0n) is 19.1. The summed E-state index contributed by atoms with van der Waals surface area (Å²) in [6, 6.07) is 21.2. The largest absolute Gasteiger partial charge is 0.324 e. The number of hydrogen-bond donors (Lipinski definition) is 1. The number of amides is 3. The number of halogens is 2. The first-order valence-electron chi connectivity index (χ1n) is 11.5. The Balaban J connectivity index is 1.45. The van der Waals surface area contributed by atoms with Crippen LogP contribution in [0.2, 0.25) is 0 Å². The van der Waals surface area contributed by atoms with Gasteiger partial charge in [-0.3, -0.25) is 19.3 Å². The first kappa shape index (κ1) is 22.3. The van der Waals surface area contributed by atoms with E-state index in [1.807, 2.05) is 67.6 Å². The maximum Gasteiger partial charge on any atom is 0.247 e. The Morgan fingerprint density at radius 3 is 1.60 bits per heavy atom. The summed E-state index contributed by atoms with van der Waals surface area (Å²) >= 11 is 14.8. The van der Waals surface area contributed by atoms with Crippen molar-refractivity contribution in [2.24, 2.45) is 11.8 Å². The van der Waals surface area contributed by atoms with Gasteiger partial charge in [0.1, 0.15) is 15.8 Å². The summed E-state index contributed by atoms with van der Waals surface area (Å²) in [5.41, 5.74) is 4.58. The molecule has 0 radical (unpaired) electrons. The van der Waals surface area contributed by atoms with Crippen LogP contribution in [0.3, 0.4) is 0 Å². The fourth-order valence-corrected chi connectivity index (χ4v) is 7.17. The zero-order chi connectivity index (χ0) is 24.7. The second-order valence-electron chi connectivity index (χ2n) is 9.55. The number of imide groups is 1. The van der Waals surface area contributed by atoms with Crippen LogP contribution in [-0.2, 0) is 24.1 Å². The first-order valence-corrected chi connectivity index (χ1v) is 12.3. The molecule has 2 bridgehead atoms. The minimum Gasteiger partial charge on any atom is -0.324 e. The highest BCUT2D eigenvalue weighted by atomic mass is 35.5. The lowest BCUT2D eigenvalue weighted by atomic mass is 9.54. The summed E-state index contributed by atoms with van der Waals surface area (Å²) in [7, 11) is 0. The number of carbonyl (C=O) groups excluding carboxylic acids is 3. The van der Waals surface area contributed by atoms with Crippen LogP contribution in [0.1, 0.15) is 34.7 Å². The maximum absolute atomic E-state index is 13.9. The summed E-state index contributed by atoms with van der Waals surface area (Å²) in [6.45, 7) is 3.51. The molecule has 0 spiro atoms. The normalized spacial score (nSPS) is 28.9. The van der Waals surface area contributed by atoms with E-state index < -0.39 is 45.3 Å². The second-order valence-corrected chi connectivity index (χ2v) is 10.7. The number of alkyl halides is 2. The second kappa shape index (κ2) is 7.42. The van der Waals surface area contributed by atoms with Crippen LogP contribution in [-0.4, -0.2) is 28.7 Å². The highest BCUT2D eigenvalue weighted by molar-refractivity contribution is 6.36. The number of nitrogens with zero attached hydrogens (tertiary/aromatic N) is 1. The van der Waals surface area contributed by atoms with Crippen LogP contribution in [0.5, 0.6) is 0 Å². The lowest BCUT2D eigenvalue weighted by Gasteiger charge is -2.54. The molecule has 1 fully saturated rings. The van der Waals surface area contributed by atoms with Gasteiger partial charge in [-0.15, -0.1) is 23.2 Å². The standard InChI is InChI=1S/C28H22Cl2N2O3/c1-15-11-13-17(14-12-15)31-24(33)16(2)32-25(34)22-23(26(32)35)28(30)19-8-4-3-7-18(19)27(22,29)20-9-5-6-10-21(20)28/h3-14,16,22-23H,1-2H3,(H,31,33)/t16-,22+,23+,27?,28?/m0/s1. The number of aryl methyl sites for hydroxylation is 1. The molecule has 1 N–H and O–H groups in total. The van der Waals surface area contributed by atoms with Crippen LogP contribution in [0.4, 0.5) is 5.69 Å². The molecule has 3 aliphatic carbocycles. The first-order chi connectivity index (χ1) is 16.7. The molecule has 0 aromatic heterocycles. The van der Waals surface area contributed by atoms with Gasteiger partial charge in [-0.2, -0.15) is 0 Å². The minimum atomic E-state index is -1.26. The van der Waals surface area contributed by atoms with Gasteiger partial charge in [0, 0.05) is 5.69 Å². The van der Waals surface area contributed by atoms with E-state index in [4.69, 9.17) is 23.2 Å². The van der Waals surface area contributed by atoms with Crippen molar-refractivity contribution in [1.29, 1.82) is 0 Å². The van der Waals surface area contributed by atoms with Crippen molar-refractivity contribution in [3.05, 3.63) is 101 Å². The third-order valence-electron chi connectivity index (χ3n) is 7.71. The molecular weight excluding hydrogens is 483 g/mol. The predicted octanol–water partition coefficient (Wildman–Crippen LogP) is 4.92. The highest BCUT2D eigenvalue weighted by Crippen LogP contribution is 2.69. The van der Waals surface area contributed by atoms with Gasteiger partial charge in [-0.25, -0.2) is 0 Å². The van der Waals surface area contributed by atoms with Gasteiger partial charge in [-0.05, 0) is 48.2 Å². The van der Waals surface area contributed by atoms with Crippen molar-refractivity contribution in [3.63, 3.8) is 0 Å². The van der Waals surface area contributed by atoms with Crippen molar-refractivity contribution < 1.29 is 14.4 Å². The van der Waals surface area contributed by atoms with Crippen molar-refractivity contribution in [3.8, 4) is 0 Å². The topological polar surface area (TPSA) is 66.5 Å².